The van der Waals surface area contributed by atoms with E-state index in [4.69, 9.17) is 4.74 Å². The van der Waals surface area contributed by atoms with E-state index in [1.807, 2.05) is 36.1 Å². The molecule has 0 aromatic heterocycles. The maximum atomic E-state index is 12.7. The Hall–Kier alpha value is -1.43. The second-order valence-corrected chi connectivity index (χ2v) is 7.67. The zero-order chi connectivity index (χ0) is 18.4. The van der Waals surface area contributed by atoms with Crippen LogP contribution in [0.15, 0.2) is 24.3 Å². The van der Waals surface area contributed by atoms with Gasteiger partial charge in [-0.05, 0) is 50.4 Å². The molecular weight excluding hydrogens is 326 g/mol. The van der Waals surface area contributed by atoms with Crippen LogP contribution < -0.4 is 0 Å². The Kier molecular flexibility index (Phi) is 7.06. The number of nitrogens with zero attached hydrogens (tertiary/aromatic N) is 3. The maximum Gasteiger partial charge on any atom is 0.253 e. The van der Waals surface area contributed by atoms with Crippen LogP contribution in [0.2, 0.25) is 0 Å². The van der Waals surface area contributed by atoms with Crippen molar-refractivity contribution < 1.29 is 9.53 Å². The average molecular weight is 360 g/mol. The van der Waals surface area contributed by atoms with Crippen molar-refractivity contribution >= 4 is 5.91 Å². The summed E-state index contributed by atoms with van der Waals surface area (Å²) in [5, 5.41) is 0. The smallest absolute Gasteiger partial charge is 0.253 e. The fourth-order valence-electron chi connectivity index (χ4n) is 3.86. The normalized spacial score (nSPS) is 20.5. The largest absolute Gasteiger partial charge is 0.377 e. The van der Waals surface area contributed by atoms with Gasteiger partial charge in [-0.25, -0.2) is 0 Å². The van der Waals surface area contributed by atoms with Gasteiger partial charge in [0.1, 0.15) is 0 Å². The van der Waals surface area contributed by atoms with Gasteiger partial charge in [0.05, 0.1) is 6.61 Å². The van der Waals surface area contributed by atoms with Gasteiger partial charge in [0, 0.05) is 58.0 Å². The van der Waals surface area contributed by atoms with Gasteiger partial charge < -0.3 is 19.4 Å². The highest BCUT2D eigenvalue weighted by atomic mass is 16.5. The molecule has 0 saturated carbocycles. The second kappa shape index (κ2) is 9.49. The van der Waals surface area contributed by atoms with Gasteiger partial charge in [0.2, 0.25) is 0 Å². The van der Waals surface area contributed by atoms with Gasteiger partial charge in [0.25, 0.3) is 5.91 Å². The van der Waals surface area contributed by atoms with Crippen molar-refractivity contribution in [1.29, 1.82) is 0 Å². The number of rotatable bonds is 6. The zero-order valence-corrected chi connectivity index (χ0v) is 16.3. The van der Waals surface area contributed by atoms with Crippen LogP contribution in [0.1, 0.15) is 35.7 Å². The van der Waals surface area contributed by atoms with E-state index in [9.17, 15) is 4.79 Å². The molecule has 1 aromatic carbocycles. The van der Waals surface area contributed by atoms with E-state index in [-0.39, 0.29) is 5.91 Å². The Balaban J connectivity index is 1.44. The number of benzene rings is 1. The van der Waals surface area contributed by atoms with E-state index in [1.165, 1.54) is 32.7 Å². The van der Waals surface area contributed by atoms with E-state index in [1.54, 1.807) is 0 Å². The molecular formula is C21H33N3O2. The van der Waals surface area contributed by atoms with Crippen molar-refractivity contribution in [2.24, 2.45) is 5.92 Å². The zero-order valence-electron chi connectivity index (χ0n) is 16.3. The first-order chi connectivity index (χ1) is 12.7. The monoisotopic (exact) mass is 359 g/mol. The van der Waals surface area contributed by atoms with Crippen molar-refractivity contribution in [3.05, 3.63) is 35.4 Å². The molecule has 26 heavy (non-hydrogen) atoms. The van der Waals surface area contributed by atoms with Crippen molar-refractivity contribution in [2.75, 3.05) is 59.5 Å². The Morgan fingerprint density at radius 2 is 1.69 bits per heavy atom. The quantitative estimate of drug-likeness (QED) is 0.781. The standard InChI is InChI=1S/C21H33N3O2/c1-3-26-17-19-4-6-20(7-5-19)21(25)24-10-8-18(9-11-24)16-23-14-12-22(2)13-15-23/h4-7,18H,3,8-17H2,1-2H3. The average Bonchev–Trinajstić information content (AvgIpc) is 2.68. The number of piperazine rings is 1. The number of piperidine rings is 1. The second-order valence-electron chi connectivity index (χ2n) is 7.67. The summed E-state index contributed by atoms with van der Waals surface area (Å²) in [6, 6.07) is 7.88. The summed E-state index contributed by atoms with van der Waals surface area (Å²) in [5.74, 6) is 0.905. The molecule has 2 aliphatic heterocycles. The molecule has 1 amide bonds. The fourth-order valence-corrected chi connectivity index (χ4v) is 3.86. The van der Waals surface area contributed by atoms with Crippen LogP contribution in [0, 0.1) is 5.92 Å². The lowest BCUT2D eigenvalue weighted by Crippen LogP contribution is -2.48. The van der Waals surface area contributed by atoms with Crippen LogP contribution in [0.5, 0.6) is 0 Å². The van der Waals surface area contributed by atoms with Gasteiger partial charge in [-0.1, -0.05) is 12.1 Å². The van der Waals surface area contributed by atoms with Crippen LogP contribution in [0.3, 0.4) is 0 Å². The first-order valence-corrected chi connectivity index (χ1v) is 10.0. The van der Waals surface area contributed by atoms with Gasteiger partial charge >= 0.3 is 0 Å². The van der Waals surface area contributed by atoms with E-state index in [0.717, 1.165) is 43.0 Å². The Morgan fingerprint density at radius 1 is 1.04 bits per heavy atom. The Labute approximate surface area is 157 Å². The first kappa shape index (κ1) is 19.3. The number of amides is 1. The molecule has 1 aromatic rings. The van der Waals surface area contributed by atoms with Gasteiger partial charge in [-0.15, -0.1) is 0 Å². The fraction of sp³-hybridized carbons (Fsp3) is 0.667. The Bertz CT molecular complexity index is 559. The molecule has 5 nitrogen and oxygen atoms in total. The molecule has 0 atom stereocenters. The summed E-state index contributed by atoms with van der Waals surface area (Å²) >= 11 is 0. The number of ether oxygens (including phenoxy) is 1. The summed E-state index contributed by atoms with van der Waals surface area (Å²) in [5.41, 5.74) is 1.91. The van der Waals surface area contributed by atoms with E-state index < -0.39 is 0 Å². The molecule has 0 unspecified atom stereocenters. The highest BCUT2D eigenvalue weighted by Gasteiger charge is 2.25. The highest BCUT2D eigenvalue weighted by molar-refractivity contribution is 5.94. The molecule has 0 bridgehead atoms. The lowest BCUT2D eigenvalue weighted by molar-refractivity contribution is 0.0643. The highest BCUT2D eigenvalue weighted by Crippen LogP contribution is 2.21. The van der Waals surface area contributed by atoms with Crippen LogP contribution in [0.25, 0.3) is 0 Å². The third-order valence-electron chi connectivity index (χ3n) is 5.69. The third kappa shape index (κ3) is 5.29. The SMILES string of the molecule is CCOCc1ccc(C(=O)N2CCC(CN3CCN(C)CC3)CC2)cc1. The maximum absolute atomic E-state index is 12.7. The number of likely N-dealkylation sites (tertiary alicyclic amines) is 1. The van der Waals surface area contributed by atoms with Crippen molar-refractivity contribution in [3.8, 4) is 0 Å². The lowest BCUT2D eigenvalue weighted by Gasteiger charge is -2.38. The number of carbonyl (C=O) groups excluding carboxylic acids is 1. The summed E-state index contributed by atoms with van der Waals surface area (Å²) in [6.07, 6.45) is 2.25. The molecule has 0 radical (unpaired) electrons. The Morgan fingerprint density at radius 3 is 2.31 bits per heavy atom. The minimum atomic E-state index is 0.172. The minimum absolute atomic E-state index is 0.172. The predicted octanol–water partition coefficient (Wildman–Crippen LogP) is 2.32. The van der Waals surface area contributed by atoms with E-state index in [0.29, 0.717) is 13.2 Å². The number of likely N-dealkylation sites (N-methyl/N-ethyl adjacent to an activating group) is 1. The molecule has 0 N–H and O–H groups in total. The van der Waals surface area contributed by atoms with Gasteiger partial charge in [0.15, 0.2) is 0 Å². The molecule has 0 spiro atoms. The third-order valence-corrected chi connectivity index (χ3v) is 5.69. The van der Waals surface area contributed by atoms with E-state index >= 15 is 0 Å². The molecule has 2 fully saturated rings. The summed E-state index contributed by atoms with van der Waals surface area (Å²) in [6.45, 7) is 11.0. The summed E-state index contributed by atoms with van der Waals surface area (Å²) in [7, 11) is 2.20. The molecule has 0 aliphatic carbocycles. The summed E-state index contributed by atoms with van der Waals surface area (Å²) < 4.78 is 5.41. The lowest BCUT2D eigenvalue weighted by atomic mass is 9.95. The van der Waals surface area contributed by atoms with Gasteiger partial charge in [-0.3, -0.25) is 4.79 Å². The topological polar surface area (TPSA) is 36.0 Å². The van der Waals surface area contributed by atoms with Crippen LogP contribution in [-0.4, -0.2) is 80.1 Å². The number of hydrogen-bond acceptors (Lipinski definition) is 4. The van der Waals surface area contributed by atoms with Crippen molar-refractivity contribution in [1.82, 2.24) is 14.7 Å². The van der Waals surface area contributed by atoms with E-state index in [2.05, 4.69) is 16.8 Å². The molecule has 2 heterocycles. The minimum Gasteiger partial charge on any atom is -0.377 e. The van der Waals surface area contributed by atoms with Crippen LogP contribution >= 0.6 is 0 Å². The van der Waals surface area contributed by atoms with Crippen molar-refractivity contribution in [2.45, 2.75) is 26.4 Å². The predicted molar refractivity (Wildman–Crippen MR) is 104 cm³/mol. The summed E-state index contributed by atoms with van der Waals surface area (Å²) in [4.78, 5) is 19.8. The van der Waals surface area contributed by atoms with Crippen molar-refractivity contribution in [3.63, 3.8) is 0 Å². The number of hydrogen-bond donors (Lipinski definition) is 0. The molecule has 3 rings (SSSR count). The van der Waals surface area contributed by atoms with Gasteiger partial charge in [-0.2, -0.15) is 0 Å². The first-order valence-electron chi connectivity index (χ1n) is 10.0. The van der Waals surface area contributed by atoms with Crippen LogP contribution in [0.4, 0.5) is 0 Å². The van der Waals surface area contributed by atoms with Crippen LogP contribution in [-0.2, 0) is 11.3 Å². The molecule has 2 saturated heterocycles. The molecule has 5 heteroatoms. The molecule has 144 valence electrons. The number of carbonyl (C=O) groups is 1. The molecule has 2 aliphatic rings.